The number of aryl methyl sites for hydroxylation is 3. The summed E-state index contributed by atoms with van der Waals surface area (Å²) in [5.41, 5.74) is 4.48. The van der Waals surface area contributed by atoms with Crippen LogP contribution in [0.15, 0.2) is 36.4 Å². The van der Waals surface area contributed by atoms with E-state index >= 15 is 0 Å². The minimum absolute atomic E-state index is 0.229. The normalized spacial score (nSPS) is 13.4. The highest BCUT2D eigenvalue weighted by Gasteiger charge is 2.32. The molecule has 0 aliphatic rings. The average molecular weight is 447 g/mol. The van der Waals surface area contributed by atoms with Gasteiger partial charge in [0.1, 0.15) is 11.8 Å². The van der Waals surface area contributed by atoms with E-state index < -0.39 is 16.1 Å². The number of benzene rings is 2. The molecule has 0 heterocycles. The molecular weight excluding hydrogens is 412 g/mol. The largest absolute Gasteiger partial charge is 0.496 e. The van der Waals surface area contributed by atoms with Crippen molar-refractivity contribution in [3.8, 4) is 5.75 Å². The van der Waals surface area contributed by atoms with Crippen molar-refractivity contribution in [2.75, 3.05) is 17.7 Å². The van der Waals surface area contributed by atoms with Crippen LogP contribution in [0.2, 0.25) is 0 Å². The van der Waals surface area contributed by atoms with Crippen LogP contribution in [0.1, 0.15) is 55.0 Å². The van der Waals surface area contributed by atoms with Gasteiger partial charge in [-0.25, -0.2) is 8.42 Å². The Labute approximate surface area is 186 Å². The van der Waals surface area contributed by atoms with E-state index in [4.69, 9.17) is 4.74 Å². The molecular formula is C24H34N2O4S. The molecule has 0 saturated carbocycles. The van der Waals surface area contributed by atoms with Gasteiger partial charge in [-0.1, -0.05) is 32.0 Å². The summed E-state index contributed by atoms with van der Waals surface area (Å²) < 4.78 is 32.0. The van der Waals surface area contributed by atoms with Crippen molar-refractivity contribution in [1.82, 2.24) is 5.32 Å². The van der Waals surface area contributed by atoms with E-state index in [-0.39, 0.29) is 11.9 Å². The van der Waals surface area contributed by atoms with Gasteiger partial charge in [0, 0.05) is 0 Å². The first kappa shape index (κ1) is 24.7. The lowest BCUT2D eigenvalue weighted by Crippen LogP contribution is -2.50. The molecule has 2 aromatic rings. The number of rotatable bonds is 9. The van der Waals surface area contributed by atoms with Gasteiger partial charge in [-0.05, 0) is 74.1 Å². The number of amides is 1. The van der Waals surface area contributed by atoms with E-state index in [9.17, 15) is 13.2 Å². The Morgan fingerprint density at radius 3 is 2.16 bits per heavy atom. The summed E-state index contributed by atoms with van der Waals surface area (Å²) in [6.07, 6.45) is 2.17. The van der Waals surface area contributed by atoms with Gasteiger partial charge in [-0.15, -0.1) is 0 Å². The molecule has 170 valence electrons. The molecule has 2 aromatic carbocycles. The number of ether oxygens (including phenoxy) is 1. The summed E-state index contributed by atoms with van der Waals surface area (Å²) in [4.78, 5) is 13.3. The first-order valence-corrected chi connectivity index (χ1v) is 12.4. The van der Waals surface area contributed by atoms with Crippen molar-refractivity contribution in [1.29, 1.82) is 0 Å². The molecule has 0 fully saturated rings. The summed E-state index contributed by atoms with van der Waals surface area (Å²) in [7, 11) is -2.05. The number of sulfonamides is 1. The van der Waals surface area contributed by atoms with Crippen LogP contribution in [-0.4, -0.2) is 33.7 Å². The van der Waals surface area contributed by atoms with Crippen molar-refractivity contribution < 1.29 is 17.9 Å². The van der Waals surface area contributed by atoms with E-state index in [1.165, 1.54) is 4.31 Å². The molecule has 0 unspecified atom stereocenters. The van der Waals surface area contributed by atoms with Gasteiger partial charge in [-0.2, -0.15) is 0 Å². The fourth-order valence-electron chi connectivity index (χ4n) is 3.73. The SMILES string of the molecule is CC[C@H](C(=O)N[C@H](CC)c1ccc(OC)c(C)c1)N(c1ccc(C)c(C)c1)S(C)(=O)=O. The average Bonchev–Trinajstić information content (AvgIpc) is 2.71. The fraction of sp³-hybridized carbons (Fsp3) is 0.458. The van der Waals surface area contributed by atoms with Crippen LogP contribution in [0, 0.1) is 20.8 Å². The molecule has 1 amide bonds. The van der Waals surface area contributed by atoms with Crippen molar-refractivity contribution in [3.63, 3.8) is 0 Å². The molecule has 0 aromatic heterocycles. The number of carbonyl (C=O) groups excluding carboxylic acids is 1. The lowest BCUT2D eigenvalue weighted by Gasteiger charge is -2.32. The minimum Gasteiger partial charge on any atom is -0.496 e. The molecule has 6 nitrogen and oxygen atoms in total. The third-order valence-corrected chi connectivity index (χ3v) is 6.80. The number of hydrogen-bond donors (Lipinski definition) is 1. The number of nitrogens with one attached hydrogen (secondary N) is 1. The standard InChI is InChI=1S/C24H34N2O4S/c1-8-21(19-11-13-23(30-6)18(5)14-19)25-24(27)22(9-2)26(31(7,28)29)20-12-10-16(3)17(4)15-20/h10-15,21-22H,8-9H2,1-7H3,(H,25,27)/t21-,22-/m1/s1. The van der Waals surface area contributed by atoms with Crippen molar-refractivity contribution in [3.05, 3.63) is 58.7 Å². The third-order valence-electron chi connectivity index (χ3n) is 5.62. The zero-order valence-corrected chi connectivity index (χ0v) is 20.3. The van der Waals surface area contributed by atoms with Crippen LogP contribution in [0.4, 0.5) is 5.69 Å². The molecule has 0 saturated heterocycles. The summed E-state index contributed by atoms with van der Waals surface area (Å²) in [6, 6.07) is 10.2. The molecule has 2 atom stereocenters. The topological polar surface area (TPSA) is 75.7 Å². The second kappa shape index (κ2) is 10.2. The zero-order valence-electron chi connectivity index (χ0n) is 19.5. The van der Waals surface area contributed by atoms with Crippen LogP contribution in [0.3, 0.4) is 0 Å². The number of nitrogens with zero attached hydrogens (tertiary/aromatic N) is 1. The maximum absolute atomic E-state index is 13.3. The molecule has 2 rings (SSSR count). The van der Waals surface area contributed by atoms with Crippen LogP contribution in [0.5, 0.6) is 5.75 Å². The van der Waals surface area contributed by atoms with Gasteiger partial charge in [0.2, 0.25) is 15.9 Å². The molecule has 31 heavy (non-hydrogen) atoms. The lowest BCUT2D eigenvalue weighted by atomic mass is 10.0. The predicted molar refractivity (Wildman–Crippen MR) is 126 cm³/mol. The van der Waals surface area contributed by atoms with Gasteiger partial charge in [0.25, 0.3) is 0 Å². The van der Waals surface area contributed by atoms with E-state index in [1.54, 1.807) is 13.2 Å². The Kier molecular flexibility index (Phi) is 8.12. The number of hydrogen-bond acceptors (Lipinski definition) is 4. The Morgan fingerprint density at radius 1 is 1.00 bits per heavy atom. The van der Waals surface area contributed by atoms with Crippen LogP contribution in [-0.2, 0) is 14.8 Å². The summed E-state index contributed by atoms with van der Waals surface area (Å²) >= 11 is 0. The molecule has 1 N–H and O–H groups in total. The number of methoxy groups -OCH3 is 1. The maximum Gasteiger partial charge on any atom is 0.244 e. The van der Waals surface area contributed by atoms with E-state index in [0.717, 1.165) is 34.3 Å². The minimum atomic E-state index is -3.67. The van der Waals surface area contributed by atoms with E-state index in [1.807, 2.05) is 65.0 Å². The molecule has 0 spiro atoms. The Bertz CT molecular complexity index is 1030. The lowest BCUT2D eigenvalue weighted by molar-refractivity contribution is -0.123. The van der Waals surface area contributed by atoms with Crippen LogP contribution >= 0.6 is 0 Å². The predicted octanol–water partition coefficient (Wildman–Crippen LogP) is 4.43. The molecule has 0 aliphatic carbocycles. The first-order chi connectivity index (χ1) is 14.5. The van der Waals surface area contributed by atoms with Crippen LogP contribution < -0.4 is 14.4 Å². The second-order valence-electron chi connectivity index (χ2n) is 7.95. The summed E-state index contributed by atoms with van der Waals surface area (Å²) in [5.74, 6) is 0.473. The number of anilines is 1. The first-order valence-electron chi connectivity index (χ1n) is 10.5. The Hall–Kier alpha value is -2.54. The molecule has 0 bridgehead atoms. The molecule has 0 aliphatic heterocycles. The Balaban J connectivity index is 2.38. The molecule has 7 heteroatoms. The fourth-order valence-corrected chi connectivity index (χ4v) is 4.93. The Morgan fingerprint density at radius 2 is 1.68 bits per heavy atom. The highest BCUT2D eigenvalue weighted by atomic mass is 32.2. The van der Waals surface area contributed by atoms with Crippen molar-refractivity contribution in [2.45, 2.75) is 59.5 Å². The monoisotopic (exact) mass is 446 g/mol. The maximum atomic E-state index is 13.3. The van der Waals surface area contributed by atoms with E-state index in [2.05, 4.69) is 5.32 Å². The highest BCUT2D eigenvalue weighted by molar-refractivity contribution is 7.92. The zero-order chi connectivity index (χ0) is 23.3. The van der Waals surface area contributed by atoms with Gasteiger partial charge < -0.3 is 10.1 Å². The van der Waals surface area contributed by atoms with Gasteiger partial charge in [0.15, 0.2) is 0 Å². The molecule has 0 radical (unpaired) electrons. The van der Waals surface area contributed by atoms with Crippen molar-refractivity contribution >= 4 is 21.6 Å². The number of carbonyl (C=O) groups is 1. The highest BCUT2D eigenvalue weighted by Crippen LogP contribution is 2.27. The van der Waals surface area contributed by atoms with Gasteiger partial charge in [0.05, 0.1) is 25.1 Å². The third kappa shape index (κ3) is 5.79. The second-order valence-corrected chi connectivity index (χ2v) is 9.81. The van der Waals surface area contributed by atoms with Crippen molar-refractivity contribution in [2.24, 2.45) is 0 Å². The smallest absolute Gasteiger partial charge is 0.244 e. The van der Waals surface area contributed by atoms with Gasteiger partial charge in [-0.3, -0.25) is 9.10 Å². The van der Waals surface area contributed by atoms with E-state index in [0.29, 0.717) is 18.5 Å². The summed E-state index contributed by atoms with van der Waals surface area (Å²) in [6.45, 7) is 9.66. The van der Waals surface area contributed by atoms with Crippen LogP contribution in [0.25, 0.3) is 0 Å². The quantitative estimate of drug-likeness (QED) is 0.618. The summed E-state index contributed by atoms with van der Waals surface area (Å²) in [5, 5.41) is 3.06. The van der Waals surface area contributed by atoms with Gasteiger partial charge >= 0.3 is 0 Å².